The molecule has 0 aliphatic rings. The number of benzene rings is 1. The number of amides is 3. The van der Waals surface area contributed by atoms with Crippen LogP contribution in [-0.4, -0.2) is 58.5 Å². The zero-order valence-corrected chi connectivity index (χ0v) is 20.0. The second-order valence-corrected chi connectivity index (χ2v) is 8.60. The van der Waals surface area contributed by atoms with Crippen LogP contribution in [0, 0.1) is 24.7 Å². The summed E-state index contributed by atoms with van der Waals surface area (Å²) in [5, 5.41) is 25.6. The molecule has 0 saturated heterocycles. The summed E-state index contributed by atoms with van der Waals surface area (Å²) < 4.78 is 1.10. The summed E-state index contributed by atoms with van der Waals surface area (Å²) in [6.07, 6.45) is 0.923. The Kier molecular flexibility index (Phi) is 11.7. The van der Waals surface area contributed by atoms with Crippen molar-refractivity contribution in [3.8, 4) is 0 Å². The van der Waals surface area contributed by atoms with E-state index >= 15 is 0 Å². The molecule has 0 bridgehead atoms. The molecular formula is C20H26AtN3O7. The van der Waals surface area contributed by atoms with Crippen LogP contribution in [0.5, 0.6) is 0 Å². The molecule has 0 aromatic heterocycles. The van der Waals surface area contributed by atoms with Crippen molar-refractivity contribution < 1.29 is 58.9 Å². The van der Waals surface area contributed by atoms with Crippen LogP contribution in [0.3, 0.4) is 0 Å². The number of aliphatic carboxylic acids is 2. The fraction of sp³-hybridized carbons (Fsp3) is 0.450. The van der Waals surface area contributed by atoms with E-state index in [9.17, 15) is 29.1 Å². The zero-order chi connectivity index (χ0) is 23.4. The first-order valence-electron chi connectivity index (χ1n) is 9.66. The first-order chi connectivity index (χ1) is 14.6. The van der Waals surface area contributed by atoms with Gasteiger partial charge in [-0.3, -0.25) is 0 Å². The fourth-order valence-corrected chi connectivity index (χ4v) is 3.09. The van der Waals surface area contributed by atoms with Crippen LogP contribution in [0.2, 0.25) is 0 Å². The van der Waals surface area contributed by atoms with Gasteiger partial charge in [0.05, 0.1) is 0 Å². The molecule has 0 heterocycles. The van der Waals surface area contributed by atoms with E-state index in [4.69, 9.17) is 5.11 Å². The minimum absolute atomic E-state index is 0.0192. The van der Waals surface area contributed by atoms with Gasteiger partial charge in [0, 0.05) is 6.42 Å². The van der Waals surface area contributed by atoms with E-state index in [0.29, 0.717) is 24.9 Å². The monoisotopic (exact) mass is 631 g/mol. The number of hydrogen-bond donors (Lipinski definition) is 5. The number of carbonyl (C=O) groups excluding carboxylic acids is 3. The Balaban J connectivity index is 2.41. The van der Waals surface area contributed by atoms with Gasteiger partial charge in [-0.1, -0.05) is 0 Å². The maximum atomic E-state index is 12.0. The van der Waals surface area contributed by atoms with Crippen molar-refractivity contribution in [2.75, 3.05) is 6.54 Å². The molecule has 2 atom stereocenters. The number of carboxylic acid groups (broad SMARTS) is 2. The molecular weight excluding hydrogens is 605 g/mol. The molecule has 11 heteroatoms. The fourth-order valence-electron chi connectivity index (χ4n) is 2.60. The van der Waals surface area contributed by atoms with Gasteiger partial charge in [0.2, 0.25) is 0 Å². The second kappa shape index (κ2) is 13.7. The molecule has 31 heavy (non-hydrogen) atoms. The van der Waals surface area contributed by atoms with Crippen LogP contribution >= 0.6 is 0 Å². The third kappa shape index (κ3) is 10.9. The standard InChI is InChI=1S/C20H26AtN3O7/c1-12(25)5-10-16(19(29)30)24-20(31)23-15(18(27)28)4-2-3-11-22-17(26)13-6-8-14(21)9-7-13/h6-9,15-16H,2-5,10-11H2,1H3,(H,22,26)(H,27,28)(H,29,30)(H2,23,24,31)/t15-,16-/m0/s1/i21+1. The van der Waals surface area contributed by atoms with E-state index in [2.05, 4.69) is 16.0 Å². The molecule has 3 amide bonds. The minimum Gasteiger partial charge on any atom is -0.480 e. The van der Waals surface area contributed by atoms with Gasteiger partial charge in [-0.2, -0.15) is 0 Å². The summed E-state index contributed by atoms with van der Waals surface area (Å²) in [6, 6.07) is 3.73. The first-order valence-corrected chi connectivity index (χ1v) is 11.1. The predicted molar refractivity (Wildman–Crippen MR) is 107 cm³/mol. The predicted octanol–water partition coefficient (Wildman–Crippen LogP) is 0.336. The molecule has 1 aromatic rings. The first kappa shape index (κ1) is 26.5. The summed E-state index contributed by atoms with van der Waals surface area (Å²) in [5.74, 6) is -3.00. The Hall–Kier alpha value is -2.55. The Morgan fingerprint density at radius 2 is 1.45 bits per heavy atom. The van der Waals surface area contributed by atoms with Gasteiger partial charge in [0.15, 0.2) is 0 Å². The zero-order valence-electron chi connectivity index (χ0n) is 17.0. The van der Waals surface area contributed by atoms with Crippen LogP contribution in [0.25, 0.3) is 0 Å². The van der Waals surface area contributed by atoms with Crippen LogP contribution in [0.15, 0.2) is 24.3 Å². The molecule has 0 aliphatic heterocycles. The van der Waals surface area contributed by atoms with Crippen molar-refractivity contribution in [3.05, 3.63) is 29.8 Å². The molecule has 0 fully saturated rings. The smallest absolute Gasteiger partial charge is 0.480 e. The molecule has 0 radical (unpaired) electrons. The molecule has 10 nitrogen and oxygen atoms in total. The average molecular weight is 631 g/mol. The van der Waals surface area contributed by atoms with Crippen molar-refractivity contribution in [2.45, 2.75) is 51.1 Å². The van der Waals surface area contributed by atoms with Crippen LogP contribution in [0.1, 0.15) is 49.4 Å². The number of nitrogens with one attached hydrogen (secondary N) is 3. The molecule has 170 valence electrons. The molecule has 0 spiro atoms. The van der Waals surface area contributed by atoms with E-state index in [-0.39, 0.29) is 31.0 Å². The summed E-state index contributed by atoms with van der Waals surface area (Å²) in [4.78, 5) is 57.6. The average Bonchev–Trinajstić information content (AvgIpc) is 2.69. The molecule has 5 N–H and O–H groups in total. The second-order valence-electron chi connectivity index (χ2n) is 6.90. The number of rotatable bonds is 13. The van der Waals surface area contributed by atoms with Gasteiger partial charge in [-0.25, -0.2) is 14.4 Å². The molecule has 1 aromatic carbocycles. The van der Waals surface area contributed by atoms with Crippen LogP contribution in [-0.2, 0) is 14.4 Å². The summed E-state index contributed by atoms with van der Waals surface area (Å²) in [7, 11) is 0. The van der Waals surface area contributed by atoms with Gasteiger partial charge in [-0.05, 0) is 13.3 Å². The van der Waals surface area contributed by atoms with E-state index in [1.54, 1.807) is 12.1 Å². The van der Waals surface area contributed by atoms with Gasteiger partial charge >= 0.3 is 129 Å². The summed E-state index contributed by atoms with van der Waals surface area (Å²) in [6.45, 7) is 1.66. The van der Waals surface area contributed by atoms with Gasteiger partial charge < -0.3 is 20.3 Å². The van der Waals surface area contributed by atoms with Crippen molar-refractivity contribution in [2.24, 2.45) is 0 Å². The van der Waals surface area contributed by atoms with Gasteiger partial charge in [0.1, 0.15) is 11.8 Å². The topological polar surface area (TPSA) is 162 Å². The quantitative estimate of drug-likeness (QED) is 0.196. The van der Waals surface area contributed by atoms with Crippen LogP contribution < -0.4 is 19.2 Å². The van der Waals surface area contributed by atoms with Gasteiger partial charge in [0.25, 0.3) is 0 Å². The van der Waals surface area contributed by atoms with Crippen molar-refractivity contribution in [3.63, 3.8) is 0 Å². The van der Waals surface area contributed by atoms with E-state index in [0.717, 1.165) is 3.27 Å². The number of carboxylic acids is 2. The SMILES string of the molecule is CC(=O)CC[C@H](NC(=O)N[C@@H](CCCCNC(=O)c1ccc([211At])cc1)C(=O)O)C(=O)O. The third-order valence-electron chi connectivity index (χ3n) is 4.30. The summed E-state index contributed by atoms with van der Waals surface area (Å²) in [5.41, 5.74) is 0.541. The number of Topliss-reactive ketones (excluding diaryl/α,β-unsaturated/α-hetero) is 1. The molecule has 0 saturated carbocycles. The number of hydrogen-bond acceptors (Lipinski definition) is 5. The third-order valence-corrected chi connectivity index (χ3v) is 5.28. The number of urea groups is 1. The maximum absolute atomic E-state index is 12.0. The Morgan fingerprint density at radius 3 is 1.97 bits per heavy atom. The van der Waals surface area contributed by atoms with Crippen molar-refractivity contribution in [1.82, 2.24) is 16.0 Å². The van der Waals surface area contributed by atoms with E-state index in [1.807, 2.05) is 12.1 Å². The number of carbonyl (C=O) groups is 5. The van der Waals surface area contributed by atoms with Crippen LogP contribution in [0.4, 0.5) is 4.79 Å². The Labute approximate surface area is 195 Å². The summed E-state index contributed by atoms with van der Waals surface area (Å²) >= 11 is 1.51. The van der Waals surface area contributed by atoms with Crippen molar-refractivity contribution >= 4 is 32.9 Å². The van der Waals surface area contributed by atoms with Gasteiger partial charge in [-0.15, -0.1) is 0 Å². The normalized spacial score (nSPS) is 12.3. The number of ketones is 1. The number of unbranched alkanes of at least 4 members (excludes halogenated alkanes) is 1. The molecule has 0 aliphatic carbocycles. The van der Waals surface area contributed by atoms with Crippen molar-refractivity contribution in [1.29, 1.82) is 0 Å². The molecule has 0 unspecified atom stereocenters. The van der Waals surface area contributed by atoms with E-state index < -0.39 is 30.1 Å². The molecule has 1 rings (SSSR count). The Morgan fingerprint density at radius 1 is 0.903 bits per heavy atom. The minimum atomic E-state index is -1.31. The van der Waals surface area contributed by atoms with E-state index in [1.165, 1.54) is 31.6 Å². The Bertz CT molecular complexity index is 798.